The van der Waals surface area contributed by atoms with Gasteiger partial charge in [-0.2, -0.15) is 17.6 Å². The summed E-state index contributed by atoms with van der Waals surface area (Å²) in [5, 5.41) is 4.95. The molecule has 238 valence electrons. The van der Waals surface area contributed by atoms with E-state index in [1.54, 1.807) is 5.32 Å². The first-order valence-electron chi connectivity index (χ1n) is 13.2. The van der Waals surface area contributed by atoms with Crippen molar-refractivity contribution >= 4 is 33.5 Å². The van der Waals surface area contributed by atoms with Crippen LogP contribution in [0.1, 0.15) is 46.5 Å². The third-order valence-electron chi connectivity index (χ3n) is 7.79. The minimum absolute atomic E-state index is 0.252. The maximum absolute atomic E-state index is 14.5. The van der Waals surface area contributed by atoms with Crippen molar-refractivity contribution in [2.24, 2.45) is 23.2 Å². The fraction of sp³-hybridized carbons (Fsp3) is 0.760. The fourth-order valence-corrected chi connectivity index (χ4v) is 6.19. The van der Waals surface area contributed by atoms with Crippen LogP contribution in [0.15, 0.2) is 11.2 Å². The van der Waals surface area contributed by atoms with E-state index in [1.807, 2.05) is 0 Å². The predicted molar refractivity (Wildman–Crippen MR) is 136 cm³/mol. The van der Waals surface area contributed by atoms with Crippen molar-refractivity contribution in [2.45, 2.75) is 76.7 Å². The third-order valence-corrected chi connectivity index (χ3v) is 8.63. The number of rotatable bonds is 8. The monoisotopic (exact) mass is 632 g/mol. The van der Waals surface area contributed by atoms with Crippen LogP contribution in [0.25, 0.3) is 0 Å². The Morgan fingerprint density at radius 1 is 1.14 bits per heavy atom. The number of hydrogen-bond acceptors (Lipinski definition) is 6. The normalized spacial score (nSPS) is 27.7. The zero-order valence-electron chi connectivity index (χ0n) is 23.4. The summed E-state index contributed by atoms with van der Waals surface area (Å²) in [6, 6.07) is -4.87. The number of likely N-dealkylation sites (tertiary alicyclic amines) is 1. The Bertz CT molecular complexity index is 1250. The molecule has 2 heterocycles. The molecule has 2 saturated heterocycles. The number of hydrogen-bond donors (Lipinski definition) is 3. The van der Waals surface area contributed by atoms with Crippen molar-refractivity contribution in [3.8, 4) is 0 Å². The minimum Gasteiger partial charge on any atom is -0.356 e. The van der Waals surface area contributed by atoms with Crippen LogP contribution in [0.4, 0.5) is 26.3 Å². The lowest BCUT2D eigenvalue weighted by atomic mass is 9.85. The van der Waals surface area contributed by atoms with E-state index < -0.39 is 111 Å². The van der Waals surface area contributed by atoms with Crippen molar-refractivity contribution in [1.82, 2.24) is 20.9 Å². The smallest absolute Gasteiger partial charge is 0.356 e. The number of nitrogens with zero attached hydrogens (tertiary/aromatic N) is 1. The van der Waals surface area contributed by atoms with Gasteiger partial charge in [-0.25, -0.2) is 17.2 Å². The molecule has 0 spiro atoms. The second kappa shape index (κ2) is 11.7. The quantitative estimate of drug-likeness (QED) is 0.349. The van der Waals surface area contributed by atoms with Crippen LogP contribution in [0.3, 0.4) is 0 Å². The molecule has 3 N–H and O–H groups in total. The van der Waals surface area contributed by atoms with E-state index in [2.05, 4.69) is 10.6 Å². The van der Waals surface area contributed by atoms with Gasteiger partial charge in [0.1, 0.15) is 12.1 Å². The summed E-state index contributed by atoms with van der Waals surface area (Å²) in [6.45, 7) is 3.97. The molecule has 2 aliphatic heterocycles. The van der Waals surface area contributed by atoms with Gasteiger partial charge in [0.25, 0.3) is 0 Å². The number of nitrogens with one attached hydrogen (secondary N) is 3. The molecule has 3 fully saturated rings. The molecule has 0 aromatic rings. The lowest BCUT2D eigenvalue weighted by Crippen LogP contribution is -2.60. The van der Waals surface area contributed by atoms with E-state index in [0.717, 1.165) is 4.90 Å². The van der Waals surface area contributed by atoms with Gasteiger partial charge in [-0.1, -0.05) is 20.8 Å². The van der Waals surface area contributed by atoms with Crippen molar-refractivity contribution in [1.29, 1.82) is 0 Å². The molecule has 0 aromatic heterocycles. The molecule has 1 saturated carbocycles. The Morgan fingerprint density at radius 3 is 2.26 bits per heavy atom. The third kappa shape index (κ3) is 7.75. The van der Waals surface area contributed by atoms with Gasteiger partial charge in [-0.15, -0.1) is 0 Å². The van der Waals surface area contributed by atoms with Crippen LogP contribution < -0.4 is 16.0 Å². The molecule has 4 amide bonds. The highest BCUT2D eigenvalue weighted by Crippen LogP contribution is 2.50. The molecule has 6 atom stereocenters. The lowest BCUT2D eigenvalue weighted by Gasteiger charge is -2.37. The zero-order valence-corrected chi connectivity index (χ0v) is 24.2. The first-order chi connectivity index (χ1) is 19.0. The molecule has 3 aliphatic rings. The largest absolute Gasteiger partial charge is 0.471 e. The van der Waals surface area contributed by atoms with Crippen LogP contribution in [-0.4, -0.2) is 86.5 Å². The van der Waals surface area contributed by atoms with E-state index in [4.69, 9.17) is 0 Å². The van der Waals surface area contributed by atoms with Crippen molar-refractivity contribution in [3.63, 3.8) is 0 Å². The molecular formula is C25H34F6N4O6S. The van der Waals surface area contributed by atoms with Crippen LogP contribution in [0.2, 0.25) is 0 Å². The van der Waals surface area contributed by atoms with Gasteiger partial charge in [0, 0.05) is 38.1 Å². The molecule has 17 heteroatoms. The number of sulfone groups is 1. The summed E-state index contributed by atoms with van der Waals surface area (Å²) in [5.41, 5.74) is -1.31. The average Bonchev–Trinajstić information content (AvgIpc) is 3.45. The highest BCUT2D eigenvalue weighted by molar-refractivity contribution is 7.94. The van der Waals surface area contributed by atoms with Crippen molar-refractivity contribution in [3.05, 3.63) is 11.2 Å². The van der Waals surface area contributed by atoms with Crippen molar-refractivity contribution < 1.29 is 53.9 Å². The van der Waals surface area contributed by atoms with Gasteiger partial charge in [0.15, 0.2) is 0 Å². The summed E-state index contributed by atoms with van der Waals surface area (Å²) in [7, 11) is -4.36. The molecule has 1 aliphatic carbocycles. The van der Waals surface area contributed by atoms with Crippen molar-refractivity contribution in [2.75, 3.05) is 19.3 Å². The fourth-order valence-electron chi connectivity index (χ4n) is 5.78. The Labute approximate surface area is 238 Å². The van der Waals surface area contributed by atoms with Gasteiger partial charge in [0.05, 0.1) is 6.04 Å². The Morgan fingerprint density at radius 2 is 1.76 bits per heavy atom. The standard InChI is InChI=1S/C25H34F6N4O6S/c1-23(2,3)18(34-22(39)25(29,30)31)21(38)35-11-13-9-24(27,28)10-15(13)17(35)20(37)33-14(8-16(26)42(4,40)41)7-12-5-6-32-19(12)36/h8,12-15,17-18H,5-7,9-11H2,1-4H3,(H,32,36)(H,33,37)(H,34,39)/b16-8+/t12-,13-,14+,15-,17+,18-/m0/s1. The Hall–Kier alpha value is -2.85. The summed E-state index contributed by atoms with van der Waals surface area (Å²) < 4.78 is 106. The van der Waals surface area contributed by atoms with E-state index in [1.165, 1.54) is 20.8 Å². The average molecular weight is 633 g/mol. The predicted octanol–water partition coefficient (Wildman–Crippen LogP) is 1.82. The summed E-state index contributed by atoms with van der Waals surface area (Å²) in [5.74, 6) is -11.0. The second-order valence-corrected chi connectivity index (χ2v) is 14.2. The van der Waals surface area contributed by atoms with Crippen LogP contribution in [0.5, 0.6) is 0 Å². The molecule has 3 rings (SSSR count). The zero-order chi connectivity index (χ0) is 32.0. The molecule has 0 bridgehead atoms. The number of amides is 4. The first kappa shape index (κ1) is 33.6. The molecular weight excluding hydrogens is 598 g/mol. The maximum Gasteiger partial charge on any atom is 0.471 e. The number of carbonyl (C=O) groups excluding carboxylic acids is 4. The topological polar surface area (TPSA) is 142 Å². The molecule has 42 heavy (non-hydrogen) atoms. The highest BCUT2D eigenvalue weighted by Gasteiger charge is 2.59. The lowest BCUT2D eigenvalue weighted by molar-refractivity contribution is -0.176. The first-order valence-corrected chi connectivity index (χ1v) is 15.1. The van der Waals surface area contributed by atoms with Crippen LogP contribution >= 0.6 is 0 Å². The van der Waals surface area contributed by atoms with Gasteiger partial charge >= 0.3 is 12.1 Å². The van der Waals surface area contributed by atoms with E-state index in [9.17, 15) is 53.9 Å². The number of halogens is 6. The minimum atomic E-state index is -5.33. The number of carbonyl (C=O) groups is 4. The van der Waals surface area contributed by atoms with Gasteiger partial charge in [-0.05, 0) is 36.2 Å². The molecule has 0 unspecified atom stereocenters. The van der Waals surface area contributed by atoms with E-state index in [0.29, 0.717) is 12.3 Å². The maximum atomic E-state index is 14.5. The van der Waals surface area contributed by atoms with E-state index in [-0.39, 0.29) is 19.4 Å². The SMILES string of the molecule is CC(C)(C)[C@@H](NC(=O)C(F)(F)F)C(=O)N1C[C@@H]2CC(F)(F)C[C@@H]2[C@@H]1C(=O)N[C@@H](/C=C(\F)S(C)(=O)=O)C[C@@H]1CCNC1=O. The highest BCUT2D eigenvalue weighted by atomic mass is 32.2. The Kier molecular flexibility index (Phi) is 9.36. The van der Waals surface area contributed by atoms with Gasteiger partial charge in [0.2, 0.25) is 38.6 Å². The summed E-state index contributed by atoms with van der Waals surface area (Å²) >= 11 is 0. The number of alkyl halides is 5. The van der Waals surface area contributed by atoms with Crippen LogP contribution in [-0.2, 0) is 29.0 Å². The molecule has 0 aromatic carbocycles. The van der Waals surface area contributed by atoms with Crippen LogP contribution in [0, 0.1) is 23.2 Å². The number of fused-ring (bicyclic) bond motifs is 1. The summed E-state index contributed by atoms with van der Waals surface area (Å²) in [6.07, 6.45) is -5.67. The van der Waals surface area contributed by atoms with Gasteiger partial charge < -0.3 is 20.9 Å². The molecule has 0 radical (unpaired) electrons. The van der Waals surface area contributed by atoms with E-state index >= 15 is 0 Å². The second-order valence-electron chi connectivity index (χ2n) is 12.3. The Balaban J connectivity index is 1.97. The van der Waals surface area contributed by atoms with Gasteiger partial charge in [-0.3, -0.25) is 19.2 Å². The molecule has 10 nitrogen and oxygen atoms in total. The summed E-state index contributed by atoms with van der Waals surface area (Å²) in [4.78, 5) is 52.0.